The number of hydrogen-bond acceptors (Lipinski definition) is 5. The van der Waals surface area contributed by atoms with Crippen molar-refractivity contribution in [2.24, 2.45) is 0 Å². The highest BCUT2D eigenvalue weighted by atomic mass is 16.5. The summed E-state index contributed by atoms with van der Waals surface area (Å²) < 4.78 is 21.0. The van der Waals surface area contributed by atoms with Crippen LogP contribution in [0.3, 0.4) is 0 Å². The third-order valence-electron chi connectivity index (χ3n) is 4.16. The van der Waals surface area contributed by atoms with E-state index in [0.29, 0.717) is 41.7 Å². The Morgan fingerprint density at radius 2 is 1.44 bits per heavy atom. The van der Waals surface area contributed by atoms with Gasteiger partial charge in [0.15, 0.2) is 23.0 Å². The molecule has 0 aliphatic heterocycles. The summed E-state index contributed by atoms with van der Waals surface area (Å²) in [5, 5.41) is 5.62. The Kier molecular flexibility index (Phi) is 7.16. The van der Waals surface area contributed by atoms with Crippen LogP contribution in [0.25, 0.3) is 0 Å². The molecule has 0 spiro atoms. The van der Waals surface area contributed by atoms with Gasteiger partial charge in [-0.25, -0.2) is 4.79 Å². The van der Waals surface area contributed by atoms with Crippen LogP contribution < -0.4 is 29.6 Å². The van der Waals surface area contributed by atoms with Crippen LogP contribution in [-0.2, 0) is 6.42 Å². The third-order valence-corrected chi connectivity index (χ3v) is 4.16. The first-order chi connectivity index (χ1) is 13.0. The summed E-state index contributed by atoms with van der Waals surface area (Å²) >= 11 is 0. The molecule has 2 N–H and O–H groups in total. The molecule has 0 aliphatic carbocycles. The number of methoxy groups -OCH3 is 4. The van der Waals surface area contributed by atoms with Gasteiger partial charge in [0.05, 0.1) is 28.4 Å². The summed E-state index contributed by atoms with van der Waals surface area (Å²) in [7, 11) is 6.32. The Bertz CT molecular complexity index is 792. The lowest BCUT2D eigenvalue weighted by Crippen LogP contribution is -2.30. The molecule has 0 bridgehead atoms. The minimum absolute atomic E-state index is 0.291. The topological polar surface area (TPSA) is 78.1 Å². The number of benzene rings is 2. The Balaban J connectivity index is 1.93. The zero-order chi connectivity index (χ0) is 19.8. The van der Waals surface area contributed by atoms with E-state index in [-0.39, 0.29) is 6.03 Å². The van der Waals surface area contributed by atoms with Crippen molar-refractivity contribution in [1.29, 1.82) is 0 Å². The molecule has 7 heteroatoms. The first kappa shape index (κ1) is 20.2. The molecule has 2 aromatic carbocycles. The fraction of sp³-hybridized carbons (Fsp3) is 0.350. The number of hydrogen-bond donors (Lipinski definition) is 2. The predicted molar refractivity (Wildman–Crippen MR) is 105 cm³/mol. The van der Waals surface area contributed by atoms with Crippen molar-refractivity contribution in [1.82, 2.24) is 5.32 Å². The highest BCUT2D eigenvalue weighted by Crippen LogP contribution is 2.31. The van der Waals surface area contributed by atoms with E-state index in [1.54, 1.807) is 46.6 Å². The second-order valence-corrected chi connectivity index (χ2v) is 5.83. The minimum Gasteiger partial charge on any atom is -0.493 e. The fourth-order valence-electron chi connectivity index (χ4n) is 2.69. The van der Waals surface area contributed by atoms with Gasteiger partial charge in [0.1, 0.15) is 0 Å². The SMILES string of the molecule is COc1ccc(NC(=O)NCCc2cc(OC)c(OC)cc2C)cc1OC. The zero-order valence-corrected chi connectivity index (χ0v) is 16.3. The maximum atomic E-state index is 12.1. The molecule has 0 aromatic heterocycles. The Morgan fingerprint density at radius 1 is 0.852 bits per heavy atom. The van der Waals surface area contributed by atoms with E-state index < -0.39 is 0 Å². The van der Waals surface area contributed by atoms with E-state index in [1.165, 1.54) is 0 Å². The smallest absolute Gasteiger partial charge is 0.319 e. The van der Waals surface area contributed by atoms with Crippen LogP contribution in [0.4, 0.5) is 10.5 Å². The average molecular weight is 374 g/mol. The standard InChI is InChI=1S/C20H26N2O5/c1-13-10-17(25-3)18(26-4)11-14(13)8-9-21-20(23)22-15-6-7-16(24-2)19(12-15)27-5/h6-7,10-12H,8-9H2,1-5H3,(H2,21,22,23). The number of amides is 2. The first-order valence-electron chi connectivity index (χ1n) is 8.50. The van der Waals surface area contributed by atoms with Crippen LogP contribution in [0.2, 0.25) is 0 Å². The minimum atomic E-state index is -0.291. The van der Waals surface area contributed by atoms with Crippen LogP contribution in [0.5, 0.6) is 23.0 Å². The molecular weight excluding hydrogens is 348 g/mol. The Hall–Kier alpha value is -3.09. The van der Waals surface area contributed by atoms with E-state index >= 15 is 0 Å². The van der Waals surface area contributed by atoms with Crippen molar-refractivity contribution < 1.29 is 23.7 Å². The third kappa shape index (κ3) is 5.20. The summed E-state index contributed by atoms with van der Waals surface area (Å²) in [6, 6.07) is 8.76. The molecule has 0 atom stereocenters. The maximum absolute atomic E-state index is 12.1. The lowest BCUT2D eigenvalue weighted by atomic mass is 10.0. The van der Waals surface area contributed by atoms with E-state index in [0.717, 1.165) is 11.1 Å². The molecule has 27 heavy (non-hydrogen) atoms. The van der Waals surface area contributed by atoms with Gasteiger partial charge in [-0.05, 0) is 48.7 Å². The molecule has 0 heterocycles. The first-order valence-corrected chi connectivity index (χ1v) is 8.50. The van der Waals surface area contributed by atoms with Gasteiger partial charge in [0.2, 0.25) is 0 Å². The molecule has 0 radical (unpaired) electrons. The van der Waals surface area contributed by atoms with Crippen LogP contribution in [0, 0.1) is 6.92 Å². The normalized spacial score (nSPS) is 10.1. The van der Waals surface area contributed by atoms with Gasteiger partial charge in [-0.3, -0.25) is 0 Å². The number of ether oxygens (including phenoxy) is 4. The fourth-order valence-corrected chi connectivity index (χ4v) is 2.69. The Morgan fingerprint density at radius 3 is 2.07 bits per heavy atom. The summed E-state index contributed by atoms with van der Waals surface area (Å²) in [6.45, 7) is 2.48. The Labute approximate surface area is 159 Å². The van der Waals surface area contributed by atoms with E-state index in [9.17, 15) is 4.79 Å². The molecule has 0 aliphatic rings. The van der Waals surface area contributed by atoms with Gasteiger partial charge in [-0.1, -0.05) is 0 Å². The molecule has 7 nitrogen and oxygen atoms in total. The van der Waals surface area contributed by atoms with Crippen molar-refractivity contribution in [2.75, 3.05) is 40.3 Å². The van der Waals surface area contributed by atoms with E-state index in [1.807, 2.05) is 19.1 Å². The zero-order valence-electron chi connectivity index (χ0n) is 16.3. The summed E-state index contributed by atoms with van der Waals surface area (Å²) in [5.74, 6) is 2.52. The number of rotatable bonds is 8. The summed E-state index contributed by atoms with van der Waals surface area (Å²) in [4.78, 5) is 12.1. The molecule has 0 fully saturated rings. The lowest BCUT2D eigenvalue weighted by Gasteiger charge is -2.14. The van der Waals surface area contributed by atoms with Gasteiger partial charge in [-0.2, -0.15) is 0 Å². The largest absolute Gasteiger partial charge is 0.493 e. The van der Waals surface area contributed by atoms with Gasteiger partial charge in [-0.15, -0.1) is 0 Å². The monoisotopic (exact) mass is 374 g/mol. The molecule has 146 valence electrons. The number of aryl methyl sites for hydroxylation is 1. The number of carbonyl (C=O) groups excluding carboxylic acids is 1. The van der Waals surface area contributed by atoms with Gasteiger partial charge in [0, 0.05) is 18.3 Å². The van der Waals surface area contributed by atoms with Crippen molar-refractivity contribution in [3.05, 3.63) is 41.5 Å². The maximum Gasteiger partial charge on any atom is 0.319 e. The lowest BCUT2D eigenvalue weighted by molar-refractivity contribution is 0.252. The van der Waals surface area contributed by atoms with Gasteiger partial charge < -0.3 is 29.6 Å². The molecule has 0 saturated heterocycles. The number of nitrogens with one attached hydrogen (secondary N) is 2. The molecular formula is C20H26N2O5. The molecule has 0 saturated carbocycles. The van der Waals surface area contributed by atoms with Crippen molar-refractivity contribution in [2.45, 2.75) is 13.3 Å². The summed E-state index contributed by atoms with van der Waals surface area (Å²) in [6.07, 6.45) is 0.672. The summed E-state index contributed by atoms with van der Waals surface area (Å²) in [5.41, 5.74) is 2.78. The van der Waals surface area contributed by atoms with Crippen molar-refractivity contribution in [3.63, 3.8) is 0 Å². The number of carbonyl (C=O) groups is 1. The van der Waals surface area contributed by atoms with Crippen molar-refractivity contribution >= 4 is 11.7 Å². The predicted octanol–water partition coefficient (Wildman–Crippen LogP) is 3.39. The number of anilines is 1. The van der Waals surface area contributed by atoms with Crippen LogP contribution in [0.1, 0.15) is 11.1 Å². The van der Waals surface area contributed by atoms with Crippen LogP contribution >= 0.6 is 0 Å². The average Bonchev–Trinajstić information content (AvgIpc) is 2.68. The quantitative estimate of drug-likeness (QED) is 0.741. The van der Waals surface area contributed by atoms with E-state index in [2.05, 4.69) is 10.6 Å². The molecule has 2 amide bonds. The molecule has 0 unspecified atom stereocenters. The van der Waals surface area contributed by atoms with E-state index in [4.69, 9.17) is 18.9 Å². The highest BCUT2D eigenvalue weighted by Gasteiger charge is 2.10. The molecule has 2 aromatic rings. The second-order valence-electron chi connectivity index (χ2n) is 5.83. The van der Waals surface area contributed by atoms with Crippen molar-refractivity contribution in [3.8, 4) is 23.0 Å². The molecule has 2 rings (SSSR count). The van der Waals surface area contributed by atoms with Crippen LogP contribution in [0.15, 0.2) is 30.3 Å². The second kappa shape index (κ2) is 9.56. The highest BCUT2D eigenvalue weighted by molar-refractivity contribution is 5.89. The van der Waals surface area contributed by atoms with Gasteiger partial charge >= 0.3 is 6.03 Å². The van der Waals surface area contributed by atoms with Crippen LogP contribution in [-0.4, -0.2) is 41.0 Å². The number of urea groups is 1. The van der Waals surface area contributed by atoms with Gasteiger partial charge in [0.25, 0.3) is 0 Å².